The lowest BCUT2D eigenvalue weighted by atomic mass is 10.3. The molecule has 0 bridgehead atoms. The smallest absolute Gasteiger partial charge is 0.226 e. The fraction of sp³-hybridized carbons (Fsp3) is 0.222. The Bertz CT molecular complexity index is 864. The molecule has 0 atom stereocenters. The van der Waals surface area contributed by atoms with Gasteiger partial charge in [-0.15, -0.1) is 0 Å². The molecular formula is C18H17ClN2O3S. The number of fused-ring (bicyclic) bond motifs is 1. The minimum absolute atomic E-state index is 0.0854. The van der Waals surface area contributed by atoms with Gasteiger partial charge >= 0.3 is 0 Å². The number of benzene rings is 2. The van der Waals surface area contributed by atoms with Gasteiger partial charge in [0.15, 0.2) is 5.13 Å². The highest BCUT2D eigenvalue weighted by molar-refractivity contribution is 7.22. The lowest BCUT2D eigenvalue weighted by Gasteiger charge is -2.06. The Morgan fingerprint density at radius 3 is 2.80 bits per heavy atom. The van der Waals surface area contributed by atoms with Crippen LogP contribution in [0.2, 0.25) is 5.02 Å². The Kier molecular flexibility index (Phi) is 5.73. The summed E-state index contributed by atoms with van der Waals surface area (Å²) in [6, 6.07) is 12.8. The van der Waals surface area contributed by atoms with Gasteiger partial charge in [-0.05, 0) is 42.8 Å². The number of anilines is 1. The number of carbonyl (C=O) groups excluding carboxylic acids is 1. The monoisotopic (exact) mass is 376 g/mol. The maximum absolute atomic E-state index is 12.1. The van der Waals surface area contributed by atoms with Gasteiger partial charge in [-0.3, -0.25) is 4.79 Å². The lowest BCUT2D eigenvalue weighted by molar-refractivity contribution is -0.116. The number of hydrogen-bond acceptors (Lipinski definition) is 5. The maximum atomic E-state index is 12.1. The van der Waals surface area contributed by atoms with Gasteiger partial charge in [0.05, 0.1) is 18.4 Å². The van der Waals surface area contributed by atoms with E-state index in [4.69, 9.17) is 21.1 Å². The predicted molar refractivity (Wildman–Crippen MR) is 101 cm³/mol. The summed E-state index contributed by atoms with van der Waals surface area (Å²) in [7, 11) is 1.60. The molecule has 25 heavy (non-hydrogen) atoms. The second-order valence-corrected chi connectivity index (χ2v) is 6.75. The lowest BCUT2D eigenvalue weighted by Crippen LogP contribution is -2.12. The molecule has 0 spiro atoms. The number of thiazole rings is 1. The van der Waals surface area contributed by atoms with E-state index in [0.29, 0.717) is 35.4 Å². The molecule has 0 aliphatic heterocycles. The van der Waals surface area contributed by atoms with Crippen molar-refractivity contribution < 1.29 is 14.3 Å². The molecule has 2 aromatic carbocycles. The zero-order valence-corrected chi connectivity index (χ0v) is 15.2. The van der Waals surface area contributed by atoms with Gasteiger partial charge < -0.3 is 14.8 Å². The molecule has 0 unspecified atom stereocenters. The Morgan fingerprint density at radius 1 is 1.24 bits per heavy atom. The zero-order valence-electron chi connectivity index (χ0n) is 13.6. The summed E-state index contributed by atoms with van der Waals surface area (Å²) in [6.07, 6.45) is 0.976. The number of ether oxygens (including phenoxy) is 2. The van der Waals surface area contributed by atoms with Crippen LogP contribution in [0.4, 0.5) is 5.13 Å². The molecule has 0 fully saturated rings. The van der Waals surface area contributed by atoms with Gasteiger partial charge in [0, 0.05) is 11.4 Å². The molecule has 1 amide bonds. The minimum Gasteiger partial charge on any atom is -0.494 e. The number of hydrogen-bond donors (Lipinski definition) is 1. The molecule has 0 aliphatic rings. The van der Waals surface area contributed by atoms with Crippen molar-refractivity contribution in [3.63, 3.8) is 0 Å². The van der Waals surface area contributed by atoms with Crippen LogP contribution in [0.5, 0.6) is 11.5 Å². The molecule has 3 rings (SSSR count). The number of carbonyl (C=O) groups is 1. The Balaban J connectivity index is 1.48. The quantitative estimate of drug-likeness (QED) is 0.604. The number of halogens is 1. The van der Waals surface area contributed by atoms with Crippen molar-refractivity contribution in [2.24, 2.45) is 0 Å². The first kappa shape index (κ1) is 17.5. The number of methoxy groups -OCH3 is 1. The number of aromatic nitrogens is 1. The molecule has 0 radical (unpaired) electrons. The molecule has 0 aliphatic carbocycles. The number of rotatable bonds is 7. The molecule has 3 aromatic rings. The molecule has 0 saturated carbocycles. The van der Waals surface area contributed by atoms with E-state index >= 15 is 0 Å². The number of nitrogens with zero attached hydrogens (tertiary/aromatic N) is 1. The van der Waals surface area contributed by atoms with Crippen LogP contribution in [0.1, 0.15) is 12.8 Å². The summed E-state index contributed by atoms with van der Waals surface area (Å²) in [5.41, 5.74) is 0.761. The summed E-state index contributed by atoms with van der Waals surface area (Å²) in [4.78, 5) is 16.5. The fourth-order valence-electron chi connectivity index (χ4n) is 2.28. The van der Waals surface area contributed by atoms with Crippen LogP contribution in [0.3, 0.4) is 0 Å². The van der Waals surface area contributed by atoms with E-state index in [0.717, 1.165) is 16.0 Å². The SMILES string of the molecule is COc1cccc2sc(NC(=O)CCCOc3ccc(Cl)cc3)nc12. The number of para-hydroxylation sites is 1. The Hall–Kier alpha value is -2.31. The summed E-state index contributed by atoms with van der Waals surface area (Å²) >= 11 is 7.24. The van der Waals surface area contributed by atoms with E-state index in [1.165, 1.54) is 11.3 Å². The first-order chi connectivity index (χ1) is 12.2. The van der Waals surface area contributed by atoms with Crippen LogP contribution in [0.25, 0.3) is 10.2 Å². The maximum Gasteiger partial charge on any atom is 0.226 e. The van der Waals surface area contributed by atoms with Crippen molar-refractivity contribution in [2.75, 3.05) is 19.0 Å². The van der Waals surface area contributed by atoms with Gasteiger partial charge in [-0.25, -0.2) is 4.98 Å². The fourth-order valence-corrected chi connectivity index (χ4v) is 3.30. The summed E-state index contributed by atoms with van der Waals surface area (Å²) in [5.74, 6) is 1.35. The second kappa shape index (κ2) is 8.18. The molecule has 130 valence electrons. The van der Waals surface area contributed by atoms with Crippen molar-refractivity contribution in [3.05, 3.63) is 47.5 Å². The molecule has 7 heteroatoms. The van der Waals surface area contributed by atoms with Crippen molar-refractivity contribution in [3.8, 4) is 11.5 Å². The van der Waals surface area contributed by atoms with Gasteiger partial charge in [0.2, 0.25) is 5.91 Å². The number of nitrogens with one attached hydrogen (secondary N) is 1. The van der Waals surface area contributed by atoms with E-state index in [-0.39, 0.29) is 5.91 Å². The summed E-state index contributed by atoms with van der Waals surface area (Å²) in [5, 5.41) is 4.07. The van der Waals surface area contributed by atoms with Crippen LogP contribution in [0, 0.1) is 0 Å². The average molecular weight is 377 g/mol. The second-order valence-electron chi connectivity index (χ2n) is 5.28. The van der Waals surface area contributed by atoms with Gasteiger partial charge in [-0.2, -0.15) is 0 Å². The molecule has 1 N–H and O–H groups in total. The molecular weight excluding hydrogens is 360 g/mol. The van der Waals surface area contributed by atoms with Crippen molar-refractivity contribution in [2.45, 2.75) is 12.8 Å². The first-order valence-corrected chi connectivity index (χ1v) is 8.97. The van der Waals surface area contributed by atoms with Crippen molar-refractivity contribution in [1.29, 1.82) is 0 Å². The van der Waals surface area contributed by atoms with Crippen LogP contribution in [-0.2, 0) is 4.79 Å². The Labute approximate surface area is 154 Å². The van der Waals surface area contributed by atoms with E-state index in [2.05, 4.69) is 10.3 Å². The van der Waals surface area contributed by atoms with E-state index < -0.39 is 0 Å². The van der Waals surface area contributed by atoms with E-state index in [1.807, 2.05) is 18.2 Å². The third-order valence-electron chi connectivity index (χ3n) is 3.48. The predicted octanol–water partition coefficient (Wildman–Crippen LogP) is 4.76. The topological polar surface area (TPSA) is 60.5 Å². The average Bonchev–Trinajstić information content (AvgIpc) is 3.02. The van der Waals surface area contributed by atoms with Crippen LogP contribution in [-0.4, -0.2) is 24.6 Å². The third kappa shape index (κ3) is 4.61. The highest BCUT2D eigenvalue weighted by Gasteiger charge is 2.10. The Morgan fingerprint density at radius 2 is 2.04 bits per heavy atom. The van der Waals surface area contributed by atoms with E-state index in [1.54, 1.807) is 31.4 Å². The summed E-state index contributed by atoms with van der Waals surface area (Å²) in [6.45, 7) is 0.461. The highest BCUT2D eigenvalue weighted by Crippen LogP contribution is 2.32. The third-order valence-corrected chi connectivity index (χ3v) is 4.67. The normalized spacial score (nSPS) is 10.6. The minimum atomic E-state index is -0.0854. The molecule has 0 saturated heterocycles. The molecule has 1 heterocycles. The molecule has 5 nitrogen and oxygen atoms in total. The van der Waals surface area contributed by atoms with Gasteiger partial charge in [0.25, 0.3) is 0 Å². The highest BCUT2D eigenvalue weighted by atomic mass is 35.5. The standard InChI is InChI=1S/C18H17ClN2O3S/c1-23-14-4-2-5-15-17(14)21-18(25-15)20-16(22)6-3-11-24-13-9-7-12(19)8-10-13/h2,4-5,7-10H,3,6,11H2,1H3,(H,20,21,22). The largest absolute Gasteiger partial charge is 0.494 e. The van der Waals surface area contributed by atoms with Gasteiger partial charge in [0.1, 0.15) is 17.0 Å². The first-order valence-electron chi connectivity index (χ1n) is 7.77. The van der Waals surface area contributed by atoms with Crippen molar-refractivity contribution >= 4 is 44.2 Å². The van der Waals surface area contributed by atoms with Crippen LogP contribution in [0.15, 0.2) is 42.5 Å². The molecule has 1 aromatic heterocycles. The van der Waals surface area contributed by atoms with Crippen molar-refractivity contribution in [1.82, 2.24) is 4.98 Å². The van der Waals surface area contributed by atoms with E-state index in [9.17, 15) is 4.79 Å². The summed E-state index contributed by atoms with van der Waals surface area (Å²) < 4.78 is 11.8. The van der Waals surface area contributed by atoms with Gasteiger partial charge in [-0.1, -0.05) is 29.0 Å². The number of amides is 1. The van der Waals surface area contributed by atoms with Crippen LogP contribution >= 0.6 is 22.9 Å². The van der Waals surface area contributed by atoms with Crippen LogP contribution < -0.4 is 14.8 Å². The zero-order chi connectivity index (χ0) is 17.6.